The number of unbranched alkanes of at least 4 members (excludes halogenated alkanes) is 17. The first kappa shape index (κ1) is 31.6. The Morgan fingerprint density at radius 1 is 0.857 bits per heavy atom. The standard InChI is InChI=1S/C30H55N3O2/c1-3-4-5-6-7-8-9-10-11-12-13-14-15-16-17-18-19-20-21-22-23-24-29-32-25-26-33(29,28(2)31)27-30(34)35/h11-12,25-26,28H,3-10,13-24,27,31H2,1-2H3/b12-11+. The van der Waals surface area contributed by atoms with Gasteiger partial charge in [0.25, 0.3) is 0 Å². The van der Waals surface area contributed by atoms with Crippen molar-refractivity contribution < 1.29 is 14.4 Å². The van der Waals surface area contributed by atoms with E-state index in [1.807, 2.05) is 6.92 Å². The molecule has 0 aromatic carbocycles. The van der Waals surface area contributed by atoms with Gasteiger partial charge in [0.15, 0.2) is 0 Å². The van der Waals surface area contributed by atoms with E-state index in [9.17, 15) is 9.90 Å². The number of carboxylic acid groups (broad SMARTS) is 1. The van der Waals surface area contributed by atoms with Crippen molar-refractivity contribution in [1.82, 2.24) is 0 Å². The predicted molar refractivity (Wildman–Crippen MR) is 148 cm³/mol. The normalized spacial score (nSPS) is 18.4. The van der Waals surface area contributed by atoms with E-state index < -0.39 is 5.97 Å². The molecular weight excluding hydrogens is 434 g/mol. The van der Waals surface area contributed by atoms with Crippen molar-refractivity contribution in [1.29, 1.82) is 0 Å². The first-order chi connectivity index (χ1) is 17.0. The Balaban J connectivity index is 1.89. The summed E-state index contributed by atoms with van der Waals surface area (Å²) in [6.07, 6.45) is 33.9. The van der Waals surface area contributed by atoms with E-state index in [2.05, 4.69) is 24.1 Å². The van der Waals surface area contributed by atoms with Crippen LogP contribution in [0.3, 0.4) is 0 Å². The lowest BCUT2D eigenvalue weighted by molar-refractivity contribution is -0.808. The van der Waals surface area contributed by atoms with E-state index in [1.54, 1.807) is 12.4 Å². The maximum atomic E-state index is 11.2. The summed E-state index contributed by atoms with van der Waals surface area (Å²) in [7, 11) is 0. The fourth-order valence-electron chi connectivity index (χ4n) is 4.99. The van der Waals surface area contributed by atoms with E-state index in [1.165, 1.54) is 109 Å². The molecule has 1 aliphatic heterocycles. The fraction of sp³-hybridized carbons (Fsp3) is 0.800. The van der Waals surface area contributed by atoms with Crippen molar-refractivity contribution in [2.45, 2.75) is 148 Å². The topological polar surface area (TPSA) is 78.5 Å². The van der Waals surface area contributed by atoms with E-state index in [0.29, 0.717) is 0 Å². The number of allylic oxidation sites excluding steroid dienone is 2. The average molecular weight is 490 g/mol. The molecule has 0 amide bonds. The number of hydrogen-bond donors (Lipinski definition) is 1. The van der Waals surface area contributed by atoms with Gasteiger partial charge < -0.3 is 9.90 Å². The summed E-state index contributed by atoms with van der Waals surface area (Å²) in [5.41, 5.74) is 6.10. The molecule has 0 bridgehead atoms. The van der Waals surface area contributed by atoms with E-state index in [-0.39, 0.29) is 17.2 Å². The lowest BCUT2D eigenvalue weighted by Gasteiger charge is -2.36. The second-order valence-electron chi connectivity index (χ2n) is 10.5. The van der Waals surface area contributed by atoms with Gasteiger partial charge in [-0.15, -0.1) is 0 Å². The van der Waals surface area contributed by atoms with Gasteiger partial charge in [0, 0.05) is 13.3 Å². The molecule has 5 heteroatoms. The van der Waals surface area contributed by atoms with E-state index in [0.717, 1.165) is 25.1 Å². The smallest absolute Gasteiger partial charge is 0.209 e. The number of nitrogens with zero attached hydrogens (tertiary/aromatic N) is 2. The lowest BCUT2D eigenvalue weighted by Crippen LogP contribution is -2.60. The third-order valence-corrected chi connectivity index (χ3v) is 7.32. The molecule has 0 spiro atoms. The Labute approximate surface area is 216 Å². The van der Waals surface area contributed by atoms with Crippen LogP contribution < -0.4 is 10.8 Å². The third kappa shape index (κ3) is 14.6. The summed E-state index contributed by atoms with van der Waals surface area (Å²) in [4.78, 5) is 15.6. The number of aliphatic carboxylic acids is 1. The number of hydrogen-bond acceptors (Lipinski definition) is 4. The molecule has 0 radical (unpaired) electrons. The van der Waals surface area contributed by atoms with Crippen molar-refractivity contribution in [2.75, 3.05) is 6.54 Å². The number of nitrogens with two attached hydrogens (primary N) is 1. The molecule has 2 N–H and O–H groups in total. The van der Waals surface area contributed by atoms with E-state index in [4.69, 9.17) is 5.73 Å². The molecule has 0 aromatic rings. The van der Waals surface area contributed by atoms with Gasteiger partial charge in [0.05, 0.1) is 12.2 Å². The summed E-state index contributed by atoms with van der Waals surface area (Å²) in [5, 5.41) is 11.2. The molecule has 2 unspecified atom stereocenters. The Morgan fingerprint density at radius 3 is 1.77 bits per heavy atom. The number of quaternary nitrogens is 1. The summed E-state index contributed by atoms with van der Waals surface area (Å²) >= 11 is 0. The molecule has 0 saturated carbocycles. The van der Waals surface area contributed by atoms with Crippen LogP contribution in [0.5, 0.6) is 0 Å². The monoisotopic (exact) mass is 489 g/mol. The third-order valence-electron chi connectivity index (χ3n) is 7.32. The maximum Gasteiger partial charge on any atom is 0.209 e. The van der Waals surface area contributed by atoms with Gasteiger partial charge in [-0.3, -0.25) is 5.73 Å². The van der Waals surface area contributed by atoms with Gasteiger partial charge in [-0.25, -0.2) is 9.48 Å². The van der Waals surface area contributed by atoms with Crippen LogP contribution in [0.4, 0.5) is 0 Å². The number of carbonyl (C=O) groups is 1. The second kappa shape index (κ2) is 20.7. The molecule has 1 heterocycles. The zero-order chi connectivity index (χ0) is 25.6. The zero-order valence-corrected chi connectivity index (χ0v) is 23.0. The Hall–Kier alpha value is -1.46. The van der Waals surface area contributed by atoms with Crippen molar-refractivity contribution in [3.8, 4) is 0 Å². The Morgan fingerprint density at radius 2 is 1.31 bits per heavy atom. The van der Waals surface area contributed by atoms with Crippen molar-refractivity contribution in [3.05, 3.63) is 24.6 Å². The van der Waals surface area contributed by atoms with Crippen LogP contribution in [0.15, 0.2) is 29.5 Å². The van der Waals surface area contributed by atoms with Gasteiger partial charge in [-0.05, 0) is 32.1 Å². The SMILES string of the molecule is CCCCCCCCC/C=C/CCCCCCCCCCCCC1=NC=C[N+]1(CC(=O)[O-])C(C)N. The molecule has 1 aliphatic rings. The largest absolute Gasteiger partial charge is 0.544 e. The number of aliphatic imine (C=N–C) groups is 1. The second-order valence-corrected chi connectivity index (χ2v) is 10.5. The van der Waals surface area contributed by atoms with Gasteiger partial charge in [-0.1, -0.05) is 109 Å². The highest BCUT2D eigenvalue weighted by atomic mass is 16.4. The molecule has 0 fully saturated rings. The molecule has 202 valence electrons. The summed E-state index contributed by atoms with van der Waals surface area (Å²) in [5.74, 6) is -0.228. The molecule has 35 heavy (non-hydrogen) atoms. The minimum atomic E-state index is -1.09. The molecule has 5 nitrogen and oxygen atoms in total. The highest BCUT2D eigenvalue weighted by Crippen LogP contribution is 2.23. The molecule has 2 atom stereocenters. The maximum absolute atomic E-state index is 11.2. The van der Waals surface area contributed by atoms with Crippen LogP contribution in [-0.4, -0.2) is 29.0 Å². The summed E-state index contributed by atoms with van der Waals surface area (Å²) < 4.78 is 0.108. The van der Waals surface area contributed by atoms with Gasteiger partial charge in [0.1, 0.15) is 18.9 Å². The number of carboxylic acids is 1. The van der Waals surface area contributed by atoms with E-state index >= 15 is 0 Å². The number of amidine groups is 1. The number of rotatable bonds is 24. The van der Waals surface area contributed by atoms with Gasteiger partial charge in [-0.2, -0.15) is 0 Å². The lowest BCUT2D eigenvalue weighted by atomic mass is 10.0. The van der Waals surface area contributed by atoms with Crippen molar-refractivity contribution >= 4 is 11.8 Å². The molecule has 1 rings (SSSR count). The summed E-state index contributed by atoms with van der Waals surface area (Å²) in [6, 6.07) is 0. The first-order valence-electron chi connectivity index (χ1n) is 14.8. The van der Waals surface area contributed by atoms with Crippen LogP contribution in [-0.2, 0) is 4.79 Å². The fourth-order valence-corrected chi connectivity index (χ4v) is 4.99. The highest BCUT2D eigenvalue weighted by molar-refractivity contribution is 5.81. The Kier molecular flexibility index (Phi) is 18.7. The van der Waals surface area contributed by atoms with Crippen LogP contribution >= 0.6 is 0 Å². The molecule has 0 aliphatic carbocycles. The first-order valence-corrected chi connectivity index (χ1v) is 14.8. The summed E-state index contributed by atoms with van der Waals surface area (Å²) in [6.45, 7) is 3.98. The molecular formula is C30H55N3O2. The zero-order valence-electron chi connectivity index (χ0n) is 23.0. The quantitative estimate of drug-likeness (QED) is 0.0890. The van der Waals surface area contributed by atoms with Gasteiger partial charge >= 0.3 is 0 Å². The molecule has 0 aromatic heterocycles. The number of carbonyl (C=O) groups excluding carboxylic acids is 1. The van der Waals surface area contributed by atoms with Crippen LogP contribution in [0.2, 0.25) is 0 Å². The molecule has 0 saturated heterocycles. The Bertz CT molecular complexity index is 627. The van der Waals surface area contributed by atoms with Crippen molar-refractivity contribution in [3.63, 3.8) is 0 Å². The van der Waals surface area contributed by atoms with Gasteiger partial charge in [0.2, 0.25) is 5.84 Å². The van der Waals surface area contributed by atoms with Crippen LogP contribution in [0.25, 0.3) is 0 Å². The minimum absolute atomic E-state index is 0.108. The average Bonchev–Trinajstić information content (AvgIpc) is 3.23. The highest BCUT2D eigenvalue weighted by Gasteiger charge is 2.38. The van der Waals surface area contributed by atoms with Crippen LogP contribution in [0.1, 0.15) is 142 Å². The van der Waals surface area contributed by atoms with Crippen molar-refractivity contribution in [2.24, 2.45) is 10.7 Å². The predicted octanol–water partition coefficient (Wildman–Crippen LogP) is 7.12. The van der Waals surface area contributed by atoms with Crippen LogP contribution in [0, 0.1) is 0 Å². The minimum Gasteiger partial charge on any atom is -0.544 e.